The summed E-state index contributed by atoms with van der Waals surface area (Å²) in [6, 6.07) is 23.6. The van der Waals surface area contributed by atoms with Gasteiger partial charge in [-0.05, 0) is 23.3 Å². The number of sulfonamides is 1. The van der Waals surface area contributed by atoms with E-state index in [2.05, 4.69) is 10.6 Å². The first-order valence-electron chi connectivity index (χ1n) is 9.97. The van der Waals surface area contributed by atoms with Crippen LogP contribution >= 0.6 is 0 Å². The van der Waals surface area contributed by atoms with Crippen LogP contribution in [0.5, 0.6) is 0 Å². The van der Waals surface area contributed by atoms with Crippen LogP contribution in [0.2, 0.25) is 0 Å². The largest absolute Gasteiger partial charge is 0.348 e. The van der Waals surface area contributed by atoms with Crippen LogP contribution in [0, 0.1) is 0 Å². The maximum atomic E-state index is 13.2. The molecule has 0 saturated heterocycles. The van der Waals surface area contributed by atoms with Gasteiger partial charge in [0.15, 0.2) is 0 Å². The minimum atomic E-state index is -3.66. The summed E-state index contributed by atoms with van der Waals surface area (Å²) in [5.74, 6) is -0.912. The molecule has 0 aromatic heterocycles. The summed E-state index contributed by atoms with van der Waals surface area (Å²) >= 11 is 0. The van der Waals surface area contributed by atoms with Crippen LogP contribution in [0.15, 0.2) is 84.9 Å². The van der Waals surface area contributed by atoms with Crippen LogP contribution in [-0.4, -0.2) is 37.8 Å². The van der Waals surface area contributed by atoms with Gasteiger partial charge in [0.1, 0.15) is 6.04 Å². The first-order chi connectivity index (χ1) is 15.3. The Hall–Kier alpha value is -3.49. The van der Waals surface area contributed by atoms with Gasteiger partial charge in [-0.25, -0.2) is 8.42 Å². The molecule has 0 aliphatic carbocycles. The van der Waals surface area contributed by atoms with Gasteiger partial charge in [-0.2, -0.15) is 4.31 Å². The van der Waals surface area contributed by atoms with Crippen LogP contribution in [0.4, 0.5) is 5.69 Å². The number of likely N-dealkylation sites (N-methyl/N-ethyl adjacent to an activating group) is 1. The van der Waals surface area contributed by atoms with E-state index < -0.39 is 22.0 Å². The lowest BCUT2D eigenvalue weighted by Crippen LogP contribution is -2.38. The van der Waals surface area contributed by atoms with E-state index in [0.29, 0.717) is 17.8 Å². The van der Waals surface area contributed by atoms with Gasteiger partial charge in [-0.3, -0.25) is 9.59 Å². The zero-order valence-corrected chi connectivity index (χ0v) is 18.7. The van der Waals surface area contributed by atoms with Gasteiger partial charge in [0.25, 0.3) is 5.91 Å². The number of carbonyl (C=O) groups excluding carboxylic acids is 2. The molecule has 3 aromatic carbocycles. The zero-order chi connectivity index (χ0) is 23.1. The Morgan fingerprint density at radius 1 is 0.875 bits per heavy atom. The van der Waals surface area contributed by atoms with Crippen molar-refractivity contribution in [2.45, 2.75) is 12.6 Å². The van der Waals surface area contributed by atoms with Crippen molar-refractivity contribution in [3.05, 3.63) is 102 Å². The third-order valence-corrected chi connectivity index (χ3v) is 6.23. The van der Waals surface area contributed by atoms with Crippen LogP contribution in [0.3, 0.4) is 0 Å². The van der Waals surface area contributed by atoms with Gasteiger partial charge >= 0.3 is 0 Å². The molecule has 0 unspecified atom stereocenters. The van der Waals surface area contributed by atoms with Gasteiger partial charge in [0.2, 0.25) is 15.9 Å². The van der Waals surface area contributed by atoms with Crippen molar-refractivity contribution >= 4 is 27.5 Å². The van der Waals surface area contributed by atoms with Crippen molar-refractivity contribution in [1.82, 2.24) is 9.62 Å². The van der Waals surface area contributed by atoms with Crippen molar-refractivity contribution in [2.24, 2.45) is 0 Å². The Morgan fingerprint density at radius 2 is 1.44 bits per heavy atom. The summed E-state index contributed by atoms with van der Waals surface area (Å²) in [4.78, 5) is 26.0. The van der Waals surface area contributed by atoms with Crippen molar-refractivity contribution < 1.29 is 18.0 Å². The van der Waals surface area contributed by atoms with Gasteiger partial charge in [0.05, 0.1) is 17.5 Å². The number of para-hydroxylation sites is 1. The highest BCUT2D eigenvalue weighted by atomic mass is 32.2. The van der Waals surface area contributed by atoms with E-state index in [4.69, 9.17) is 0 Å². The average molecular weight is 452 g/mol. The molecule has 0 bridgehead atoms. The van der Waals surface area contributed by atoms with Gasteiger partial charge in [-0.1, -0.05) is 72.8 Å². The summed E-state index contributed by atoms with van der Waals surface area (Å²) < 4.78 is 25.4. The maximum Gasteiger partial charge on any atom is 0.253 e. The highest BCUT2D eigenvalue weighted by Gasteiger charge is 2.31. The lowest BCUT2D eigenvalue weighted by Gasteiger charge is -2.26. The number of hydrogen-bond acceptors (Lipinski definition) is 4. The monoisotopic (exact) mass is 451 g/mol. The predicted molar refractivity (Wildman–Crippen MR) is 124 cm³/mol. The number of amides is 2. The molecule has 166 valence electrons. The Balaban J connectivity index is 1.83. The second-order valence-corrected chi connectivity index (χ2v) is 9.34. The SMILES string of the molecule is CN([C@@H](C(=O)Nc1ccccc1C(=O)NCc1ccccc1)c1ccccc1)S(C)(=O)=O. The molecule has 3 rings (SSSR count). The Bertz CT molecular complexity index is 1180. The second-order valence-electron chi connectivity index (χ2n) is 7.30. The third-order valence-electron chi connectivity index (χ3n) is 4.98. The first-order valence-corrected chi connectivity index (χ1v) is 11.8. The number of anilines is 1. The number of rotatable bonds is 8. The number of hydrogen-bond donors (Lipinski definition) is 2. The molecule has 2 amide bonds. The molecular formula is C24H25N3O4S. The van der Waals surface area contributed by atoms with Gasteiger partial charge < -0.3 is 10.6 Å². The van der Waals surface area contributed by atoms with E-state index in [-0.39, 0.29) is 11.5 Å². The lowest BCUT2D eigenvalue weighted by atomic mass is 10.1. The van der Waals surface area contributed by atoms with Gasteiger partial charge in [0, 0.05) is 13.6 Å². The van der Waals surface area contributed by atoms with E-state index in [1.165, 1.54) is 7.05 Å². The van der Waals surface area contributed by atoms with Crippen LogP contribution in [-0.2, 0) is 21.4 Å². The highest BCUT2D eigenvalue weighted by Crippen LogP contribution is 2.25. The molecule has 0 heterocycles. The lowest BCUT2D eigenvalue weighted by molar-refractivity contribution is -0.119. The fourth-order valence-electron chi connectivity index (χ4n) is 3.22. The molecule has 1 atom stereocenters. The van der Waals surface area contributed by atoms with Crippen molar-refractivity contribution in [2.75, 3.05) is 18.6 Å². The fourth-order valence-corrected chi connectivity index (χ4v) is 3.82. The van der Waals surface area contributed by atoms with E-state index in [1.54, 1.807) is 54.6 Å². The Morgan fingerprint density at radius 3 is 2.06 bits per heavy atom. The zero-order valence-electron chi connectivity index (χ0n) is 17.9. The molecule has 0 radical (unpaired) electrons. The van der Waals surface area contributed by atoms with Crippen LogP contribution in [0.25, 0.3) is 0 Å². The van der Waals surface area contributed by atoms with E-state index in [9.17, 15) is 18.0 Å². The quantitative estimate of drug-likeness (QED) is 0.550. The predicted octanol–water partition coefficient (Wildman–Crippen LogP) is 3.19. The fraction of sp³-hybridized carbons (Fsp3) is 0.167. The number of nitrogens with one attached hydrogen (secondary N) is 2. The van der Waals surface area contributed by atoms with Crippen molar-refractivity contribution in [3.8, 4) is 0 Å². The molecular weight excluding hydrogens is 426 g/mol. The third kappa shape index (κ3) is 5.81. The summed E-state index contributed by atoms with van der Waals surface area (Å²) in [7, 11) is -2.31. The smallest absolute Gasteiger partial charge is 0.253 e. The molecule has 7 nitrogen and oxygen atoms in total. The van der Waals surface area contributed by atoms with E-state index in [0.717, 1.165) is 16.1 Å². The number of benzene rings is 3. The molecule has 3 aromatic rings. The van der Waals surface area contributed by atoms with Gasteiger partial charge in [-0.15, -0.1) is 0 Å². The van der Waals surface area contributed by atoms with Crippen LogP contribution < -0.4 is 10.6 Å². The summed E-state index contributed by atoms with van der Waals surface area (Å²) in [6.07, 6.45) is 1.04. The number of carbonyl (C=O) groups is 2. The average Bonchev–Trinajstić information content (AvgIpc) is 2.79. The minimum Gasteiger partial charge on any atom is -0.348 e. The maximum absolute atomic E-state index is 13.2. The molecule has 0 spiro atoms. The van der Waals surface area contributed by atoms with E-state index >= 15 is 0 Å². The summed E-state index contributed by atoms with van der Waals surface area (Å²) in [6.45, 7) is 0.339. The molecule has 0 fully saturated rings. The number of nitrogens with zero attached hydrogens (tertiary/aromatic N) is 1. The second kappa shape index (κ2) is 10.2. The van der Waals surface area contributed by atoms with Crippen LogP contribution in [0.1, 0.15) is 27.5 Å². The molecule has 8 heteroatoms. The molecule has 0 saturated carbocycles. The molecule has 32 heavy (non-hydrogen) atoms. The highest BCUT2D eigenvalue weighted by molar-refractivity contribution is 7.88. The first kappa shape index (κ1) is 23.2. The van der Waals surface area contributed by atoms with Crippen molar-refractivity contribution in [3.63, 3.8) is 0 Å². The minimum absolute atomic E-state index is 0.283. The Labute approximate surface area is 188 Å². The standard InChI is InChI=1S/C24H25N3O4S/c1-27(32(2,30)31)22(19-13-7-4-8-14-19)24(29)26-21-16-10-9-15-20(21)23(28)25-17-18-11-5-3-6-12-18/h3-16,22H,17H2,1-2H3,(H,25,28)(H,26,29)/t22-/m1/s1. The molecule has 2 N–H and O–H groups in total. The molecule has 0 aliphatic heterocycles. The topological polar surface area (TPSA) is 95.6 Å². The van der Waals surface area contributed by atoms with Crippen molar-refractivity contribution in [1.29, 1.82) is 0 Å². The normalized spacial score (nSPS) is 12.2. The van der Waals surface area contributed by atoms with E-state index in [1.807, 2.05) is 30.3 Å². The summed E-state index contributed by atoms with van der Waals surface area (Å²) in [5, 5.41) is 5.58. The summed E-state index contributed by atoms with van der Waals surface area (Å²) in [5.41, 5.74) is 2.04. The Kier molecular flexibility index (Phi) is 7.40. The molecule has 0 aliphatic rings.